The summed E-state index contributed by atoms with van der Waals surface area (Å²) in [5, 5.41) is 4.64. The number of alkyl halides is 1. The van der Waals surface area contributed by atoms with E-state index in [0.717, 1.165) is 0 Å². The highest BCUT2D eigenvalue weighted by Gasteiger charge is 2.45. The van der Waals surface area contributed by atoms with Crippen LogP contribution in [0.5, 0.6) is 0 Å². The Kier molecular flexibility index (Phi) is 2.92. The Bertz CT molecular complexity index is 242. The van der Waals surface area contributed by atoms with Gasteiger partial charge in [0.1, 0.15) is 4.32 Å². The van der Waals surface area contributed by atoms with Crippen LogP contribution in [0, 0.1) is 0 Å². The molecule has 13 heavy (non-hydrogen) atoms. The Morgan fingerprint density at radius 2 is 2.23 bits per heavy atom. The highest BCUT2D eigenvalue weighted by Crippen LogP contribution is 2.25. The average Bonchev–Trinajstić information content (AvgIpc) is 2.01. The molecule has 0 bridgehead atoms. The molecule has 0 unspecified atom stereocenters. The summed E-state index contributed by atoms with van der Waals surface area (Å²) >= 11 is 3.20. The lowest BCUT2D eigenvalue weighted by molar-refractivity contribution is -0.128. The molecule has 0 spiro atoms. The Morgan fingerprint density at radius 3 is 2.77 bits per heavy atom. The van der Waals surface area contributed by atoms with Crippen molar-refractivity contribution in [2.45, 2.75) is 24.4 Å². The minimum absolute atomic E-state index is 0.394. The first kappa shape index (κ1) is 10.5. The molecule has 0 saturated carbocycles. The van der Waals surface area contributed by atoms with Crippen molar-refractivity contribution in [3.8, 4) is 0 Å². The number of hydrogen-bond acceptors (Lipinski definition) is 3. The number of carbonyl (C=O) groups excluding carboxylic acids is 2. The van der Waals surface area contributed by atoms with Crippen molar-refractivity contribution < 1.29 is 14.3 Å². The standard InChI is InChI=1S/C7H11BrN2O3/c1-3-13-5-7(2,8)4(11)9-6(12)10-5/h5H,3H2,1-2H3,(H2,9,10,11,12)/t5-,7-/m0/s1. The Labute approximate surface area is 84.3 Å². The zero-order chi connectivity index (χ0) is 10.1. The van der Waals surface area contributed by atoms with Crippen molar-refractivity contribution >= 4 is 27.9 Å². The molecule has 1 rings (SSSR count). The predicted octanol–water partition coefficient (Wildman–Crippen LogP) is 0.342. The number of amides is 3. The lowest BCUT2D eigenvalue weighted by Gasteiger charge is -2.35. The quantitative estimate of drug-likeness (QED) is 0.695. The number of halogens is 1. The summed E-state index contributed by atoms with van der Waals surface area (Å²) in [6, 6.07) is -0.527. The van der Waals surface area contributed by atoms with Crippen molar-refractivity contribution in [3.05, 3.63) is 0 Å². The first-order valence-corrected chi connectivity index (χ1v) is 4.70. The van der Waals surface area contributed by atoms with E-state index in [1.165, 1.54) is 0 Å². The minimum atomic E-state index is -0.906. The molecule has 0 radical (unpaired) electrons. The van der Waals surface area contributed by atoms with Crippen LogP contribution in [0.15, 0.2) is 0 Å². The number of hydrogen-bond donors (Lipinski definition) is 2. The van der Waals surface area contributed by atoms with E-state index < -0.39 is 22.5 Å². The van der Waals surface area contributed by atoms with Gasteiger partial charge in [0.2, 0.25) is 5.91 Å². The lowest BCUT2D eigenvalue weighted by Crippen LogP contribution is -2.65. The van der Waals surface area contributed by atoms with Gasteiger partial charge in [-0.25, -0.2) is 4.79 Å². The van der Waals surface area contributed by atoms with Crippen molar-refractivity contribution in [2.75, 3.05) is 6.61 Å². The largest absolute Gasteiger partial charge is 0.357 e. The van der Waals surface area contributed by atoms with E-state index in [-0.39, 0.29) is 0 Å². The van der Waals surface area contributed by atoms with Crippen molar-refractivity contribution in [3.63, 3.8) is 0 Å². The summed E-state index contributed by atoms with van der Waals surface area (Å²) in [6.45, 7) is 3.86. The van der Waals surface area contributed by atoms with E-state index in [4.69, 9.17) is 4.74 Å². The molecule has 1 heterocycles. The third kappa shape index (κ3) is 2.00. The van der Waals surface area contributed by atoms with Gasteiger partial charge in [-0.05, 0) is 13.8 Å². The van der Waals surface area contributed by atoms with Gasteiger partial charge in [-0.3, -0.25) is 10.1 Å². The number of nitrogens with one attached hydrogen (secondary N) is 2. The fourth-order valence-corrected chi connectivity index (χ4v) is 1.35. The molecule has 2 N–H and O–H groups in total. The van der Waals surface area contributed by atoms with Crippen LogP contribution < -0.4 is 10.6 Å². The molecule has 1 aliphatic rings. The maximum atomic E-state index is 11.3. The SMILES string of the molecule is CCO[C@@H]1NC(=O)NC(=O)[C@]1(C)Br. The third-order valence-electron chi connectivity index (χ3n) is 1.76. The molecule has 3 amide bonds. The van der Waals surface area contributed by atoms with Gasteiger partial charge in [0.15, 0.2) is 6.23 Å². The summed E-state index contributed by atoms with van der Waals surface area (Å²) in [6.07, 6.45) is -0.626. The molecule has 0 aromatic rings. The molecule has 5 nitrogen and oxygen atoms in total. The van der Waals surface area contributed by atoms with E-state index in [1.807, 2.05) is 0 Å². The Morgan fingerprint density at radius 1 is 1.62 bits per heavy atom. The molecule has 0 aromatic carbocycles. The van der Waals surface area contributed by atoms with Crippen molar-refractivity contribution in [2.24, 2.45) is 0 Å². The summed E-state index contributed by atoms with van der Waals surface area (Å²) in [5.74, 6) is -0.394. The van der Waals surface area contributed by atoms with E-state index >= 15 is 0 Å². The summed E-state index contributed by atoms with van der Waals surface area (Å²) in [7, 11) is 0. The van der Waals surface area contributed by atoms with Gasteiger partial charge >= 0.3 is 6.03 Å². The number of rotatable bonds is 2. The van der Waals surface area contributed by atoms with Crippen LogP contribution in [0.3, 0.4) is 0 Å². The normalized spacial score (nSPS) is 33.9. The topological polar surface area (TPSA) is 67.4 Å². The highest BCUT2D eigenvalue weighted by atomic mass is 79.9. The Balaban J connectivity index is 2.78. The minimum Gasteiger partial charge on any atom is -0.357 e. The monoisotopic (exact) mass is 250 g/mol. The van der Waals surface area contributed by atoms with Crippen LogP contribution in [0.4, 0.5) is 4.79 Å². The molecular weight excluding hydrogens is 240 g/mol. The molecule has 1 fully saturated rings. The van der Waals surface area contributed by atoms with Crippen molar-refractivity contribution in [1.82, 2.24) is 10.6 Å². The smallest absolute Gasteiger partial charge is 0.323 e. The zero-order valence-electron chi connectivity index (χ0n) is 7.39. The number of imide groups is 1. The van der Waals surface area contributed by atoms with Crippen LogP contribution >= 0.6 is 15.9 Å². The molecule has 6 heteroatoms. The van der Waals surface area contributed by atoms with Gasteiger partial charge in [0.05, 0.1) is 0 Å². The summed E-state index contributed by atoms with van der Waals surface area (Å²) < 4.78 is 4.29. The highest BCUT2D eigenvalue weighted by molar-refractivity contribution is 9.10. The van der Waals surface area contributed by atoms with Gasteiger partial charge in [-0.1, -0.05) is 15.9 Å². The molecular formula is C7H11BrN2O3. The molecule has 74 valence electrons. The van der Waals surface area contributed by atoms with E-state index in [1.54, 1.807) is 13.8 Å². The third-order valence-corrected chi connectivity index (χ3v) is 2.53. The second-order valence-corrected chi connectivity index (χ2v) is 4.49. The first-order valence-electron chi connectivity index (χ1n) is 3.91. The number of ether oxygens (including phenoxy) is 1. The second kappa shape index (κ2) is 3.63. The fraction of sp³-hybridized carbons (Fsp3) is 0.714. The van der Waals surface area contributed by atoms with E-state index in [2.05, 4.69) is 26.6 Å². The van der Waals surface area contributed by atoms with Crippen LogP contribution in [0.2, 0.25) is 0 Å². The Hall–Kier alpha value is -0.620. The van der Waals surface area contributed by atoms with E-state index in [9.17, 15) is 9.59 Å². The van der Waals surface area contributed by atoms with Crippen LogP contribution in [-0.4, -0.2) is 29.1 Å². The maximum absolute atomic E-state index is 11.3. The summed E-state index contributed by atoms with van der Waals surface area (Å²) in [5.41, 5.74) is 0. The molecule has 2 atom stereocenters. The number of urea groups is 1. The second-order valence-electron chi connectivity index (χ2n) is 2.84. The molecule has 1 saturated heterocycles. The van der Waals surface area contributed by atoms with Gasteiger partial charge in [-0.2, -0.15) is 0 Å². The molecule has 0 aromatic heterocycles. The van der Waals surface area contributed by atoms with Crippen LogP contribution in [-0.2, 0) is 9.53 Å². The maximum Gasteiger partial charge on any atom is 0.323 e. The number of carbonyl (C=O) groups is 2. The van der Waals surface area contributed by atoms with Gasteiger partial charge in [0, 0.05) is 6.61 Å². The fourth-order valence-electron chi connectivity index (χ4n) is 1.000. The van der Waals surface area contributed by atoms with Crippen LogP contribution in [0.25, 0.3) is 0 Å². The van der Waals surface area contributed by atoms with Crippen molar-refractivity contribution in [1.29, 1.82) is 0 Å². The lowest BCUT2D eigenvalue weighted by atomic mass is 10.1. The molecule has 0 aliphatic carbocycles. The van der Waals surface area contributed by atoms with Crippen LogP contribution in [0.1, 0.15) is 13.8 Å². The van der Waals surface area contributed by atoms with E-state index in [0.29, 0.717) is 6.61 Å². The van der Waals surface area contributed by atoms with Gasteiger partial charge < -0.3 is 10.1 Å². The summed E-state index contributed by atoms with van der Waals surface area (Å²) in [4.78, 5) is 22.2. The molecule has 1 aliphatic heterocycles. The van der Waals surface area contributed by atoms with Gasteiger partial charge in [0.25, 0.3) is 0 Å². The predicted molar refractivity (Wildman–Crippen MR) is 49.4 cm³/mol. The average molecular weight is 251 g/mol. The van der Waals surface area contributed by atoms with Gasteiger partial charge in [-0.15, -0.1) is 0 Å². The first-order chi connectivity index (χ1) is 5.98. The zero-order valence-corrected chi connectivity index (χ0v) is 8.97.